The molecule has 0 bridgehead atoms. The Labute approximate surface area is 99.7 Å². The number of anilines is 1. The highest BCUT2D eigenvalue weighted by Crippen LogP contribution is 2.23. The number of carbonyl (C=O) groups excluding carboxylic acids is 2. The van der Waals surface area contributed by atoms with E-state index >= 15 is 0 Å². The second-order valence-corrected chi connectivity index (χ2v) is 3.73. The van der Waals surface area contributed by atoms with Gasteiger partial charge in [0.25, 0.3) is 5.91 Å². The van der Waals surface area contributed by atoms with Crippen LogP contribution in [0.4, 0.5) is 5.69 Å². The van der Waals surface area contributed by atoms with Crippen molar-refractivity contribution in [1.29, 1.82) is 0 Å². The normalized spacial score (nSPS) is 11.9. The first-order chi connectivity index (χ1) is 7.95. The van der Waals surface area contributed by atoms with Crippen molar-refractivity contribution in [1.82, 2.24) is 0 Å². The van der Waals surface area contributed by atoms with Crippen LogP contribution in [0.1, 0.15) is 30.6 Å². The molecule has 0 aromatic heterocycles. The molecular formula is C12H16N2O3. The first kappa shape index (κ1) is 13.0. The Morgan fingerprint density at radius 1 is 1.41 bits per heavy atom. The first-order valence-electron chi connectivity index (χ1n) is 5.32. The minimum Gasteiger partial charge on any atom is -0.480 e. The van der Waals surface area contributed by atoms with Gasteiger partial charge in [0.1, 0.15) is 5.75 Å². The number of hydrogen-bond acceptors (Lipinski definition) is 4. The second-order valence-electron chi connectivity index (χ2n) is 3.73. The van der Waals surface area contributed by atoms with Crippen molar-refractivity contribution in [2.75, 3.05) is 5.73 Å². The maximum atomic E-state index is 11.4. The van der Waals surface area contributed by atoms with Gasteiger partial charge < -0.3 is 16.2 Å². The van der Waals surface area contributed by atoms with E-state index in [9.17, 15) is 9.59 Å². The summed E-state index contributed by atoms with van der Waals surface area (Å²) in [5, 5.41) is 0. The zero-order valence-electron chi connectivity index (χ0n) is 9.90. The van der Waals surface area contributed by atoms with E-state index in [2.05, 4.69) is 0 Å². The third-order valence-corrected chi connectivity index (χ3v) is 2.34. The number of nitrogen functional groups attached to an aromatic ring is 1. The maximum Gasteiger partial charge on any atom is 0.258 e. The predicted molar refractivity (Wildman–Crippen MR) is 64.8 cm³/mol. The summed E-state index contributed by atoms with van der Waals surface area (Å²) in [5.41, 5.74) is 11.6. The molecule has 0 spiro atoms. The molecule has 0 aliphatic rings. The summed E-state index contributed by atoms with van der Waals surface area (Å²) < 4.78 is 5.42. The number of carbonyl (C=O) groups is 2. The van der Waals surface area contributed by atoms with Gasteiger partial charge in [-0.2, -0.15) is 0 Å². The predicted octanol–water partition coefficient (Wildman–Crippen LogP) is 1.11. The van der Waals surface area contributed by atoms with Crippen molar-refractivity contribution < 1.29 is 14.3 Å². The monoisotopic (exact) mass is 236 g/mol. The quantitative estimate of drug-likeness (QED) is 0.591. The molecule has 0 heterocycles. The molecule has 4 N–H and O–H groups in total. The molecule has 5 nitrogen and oxygen atoms in total. The molecule has 1 atom stereocenters. The number of primary amides is 1. The lowest BCUT2D eigenvalue weighted by Crippen LogP contribution is -2.33. The summed E-state index contributed by atoms with van der Waals surface area (Å²) >= 11 is 0. The van der Waals surface area contributed by atoms with Crippen molar-refractivity contribution in [2.45, 2.75) is 26.4 Å². The summed E-state index contributed by atoms with van der Waals surface area (Å²) in [6.45, 7) is 3.19. The van der Waals surface area contributed by atoms with E-state index in [0.717, 1.165) is 0 Å². The van der Waals surface area contributed by atoms with E-state index in [0.29, 0.717) is 23.4 Å². The van der Waals surface area contributed by atoms with Crippen molar-refractivity contribution in [3.63, 3.8) is 0 Å². The van der Waals surface area contributed by atoms with Crippen LogP contribution in [-0.4, -0.2) is 17.8 Å². The van der Waals surface area contributed by atoms with E-state index in [1.807, 2.05) is 0 Å². The number of ketones is 1. The molecule has 1 unspecified atom stereocenters. The van der Waals surface area contributed by atoms with Gasteiger partial charge >= 0.3 is 0 Å². The molecule has 1 aromatic rings. The molecule has 5 heteroatoms. The standard InChI is InChI=1S/C12H16N2O3/c1-3-10(12(14)16)17-11-5-4-8(13)6-9(11)7(2)15/h4-6,10H,3,13H2,1-2H3,(H2,14,16). The van der Waals surface area contributed by atoms with Gasteiger partial charge in [-0.1, -0.05) is 6.92 Å². The van der Waals surface area contributed by atoms with Gasteiger partial charge in [0.15, 0.2) is 11.9 Å². The number of nitrogens with two attached hydrogens (primary N) is 2. The van der Waals surface area contributed by atoms with Gasteiger partial charge in [-0.05, 0) is 31.5 Å². The topological polar surface area (TPSA) is 95.4 Å². The molecule has 1 amide bonds. The zero-order chi connectivity index (χ0) is 13.0. The van der Waals surface area contributed by atoms with Gasteiger partial charge in [0.2, 0.25) is 0 Å². The third-order valence-electron chi connectivity index (χ3n) is 2.34. The Kier molecular flexibility index (Phi) is 4.09. The molecule has 0 saturated heterocycles. The van der Waals surface area contributed by atoms with Crippen molar-refractivity contribution in [3.8, 4) is 5.75 Å². The summed E-state index contributed by atoms with van der Waals surface area (Å²) in [6.07, 6.45) is -0.298. The van der Waals surface area contributed by atoms with E-state index in [4.69, 9.17) is 16.2 Å². The van der Waals surface area contributed by atoms with Crippen LogP contribution < -0.4 is 16.2 Å². The highest BCUT2D eigenvalue weighted by Gasteiger charge is 2.18. The Morgan fingerprint density at radius 2 is 2.06 bits per heavy atom. The van der Waals surface area contributed by atoms with Crippen LogP contribution >= 0.6 is 0 Å². The average molecular weight is 236 g/mol. The number of benzene rings is 1. The number of ether oxygens (including phenoxy) is 1. The average Bonchev–Trinajstić information content (AvgIpc) is 2.26. The van der Waals surface area contributed by atoms with E-state index in [1.54, 1.807) is 19.1 Å². The molecular weight excluding hydrogens is 220 g/mol. The maximum absolute atomic E-state index is 11.4. The van der Waals surface area contributed by atoms with Gasteiger partial charge in [-0.3, -0.25) is 9.59 Å². The summed E-state index contributed by atoms with van der Waals surface area (Å²) in [4.78, 5) is 22.5. The molecule has 0 aliphatic carbocycles. The fourth-order valence-corrected chi connectivity index (χ4v) is 1.42. The summed E-state index contributed by atoms with van der Waals surface area (Å²) in [5.74, 6) is -0.400. The number of hydrogen-bond donors (Lipinski definition) is 2. The van der Waals surface area contributed by atoms with E-state index < -0.39 is 12.0 Å². The molecule has 1 rings (SSSR count). The van der Waals surface area contributed by atoms with Crippen LogP contribution in [0.15, 0.2) is 18.2 Å². The molecule has 0 radical (unpaired) electrons. The second kappa shape index (κ2) is 5.34. The van der Waals surface area contributed by atoms with Crippen LogP contribution in [-0.2, 0) is 4.79 Å². The zero-order valence-corrected chi connectivity index (χ0v) is 9.90. The summed E-state index contributed by atoms with van der Waals surface area (Å²) in [6, 6.07) is 4.69. The van der Waals surface area contributed by atoms with Crippen molar-refractivity contribution in [3.05, 3.63) is 23.8 Å². The molecule has 0 aliphatic heterocycles. The lowest BCUT2D eigenvalue weighted by molar-refractivity contribution is -0.124. The molecule has 17 heavy (non-hydrogen) atoms. The Hall–Kier alpha value is -2.04. The number of rotatable bonds is 5. The summed E-state index contributed by atoms with van der Waals surface area (Å²) in [7, 11) is 0. The third kappa shape index (κ3) is 3.21. The molecule has 0 fully saturated rings. The van der Waals surface area contributed by atoms with Crippen LogP contribution in [0.2, 0.25) is 0 Å². The lowest BCUT2D eigenvalue weighted by Gasteiger charge is -2.16. The number of amides is 1. The first-order valence-corrected chi connectivity index (χ1v) is 5.32. The largest absolute Gasteiger partial charge is 0.480 e. The fourth-order valence-electron chi connectivity index (χ4n) is 1.42. The van der Waals surface area contributed by atoms with Crippen LogP contribution in [0, 0.1) is 0 Å². The van der Waals surface area contributed by atoms with E-state index in [1.165, 1.54) is 13.0 Å². The Balaban J connectivity index is 3.05. The van der Waals surface area contributed by atoms with E-state index in [-0.39, 0.29) is 5.78 Å². The Bertz CT molecular complexity index is 443. The van der Waals surface area contributed by atoms with Crippen molar-refractivity contribution in [2.24, 2.45) is 5.73 Å². The van der Waals surface area contributed by atoms with Gasteiger partial charge in [-0.15, -0.1) is 0 Å². The minimum absolute atomic E-state index is 0.174. The molecule has 0 saturated carbocycles. The van der Waals surface area contributed by atoms with Crippen molar-refractivity contribution >= 4 is 17.4 Å². The smallest absolute Gasteiger partial charge is 0.258 e. The van der Waals surface area contributed by atoms with Crippen LogP contribution in [0.5, 0.6) is 5.75 Å². The molecule has 1 aromatic carbocycles. The molecule has 92 valence electrons. The van der Waals surface area contributed by atoms with Gasteiger partial charge in [0, 0.05) is 5.69 Å². The highest BCUT2D eigenvalue weighted by molar-refractivity contribution is 5.97. The SMILES string of the molecule is CCC(Oc1ccc(N)cc1C(C)=O)C(N)=O. The minimum atomic E-state index is -0.739. The highest BCUT2D eigenvalue weighted by atomic mass is 16.5. The van der Waals surface area contributed by atoms with Gasteiger partial charge in [-0.25, -0.2) is 0 Å². The lowest BCUT2D eigenvalue weighted by atomic mass is 10.1. The number of Topliss-reactive ketones (excluding diaryl/α,β-unsaturated/α-hetero) is 1. The van der Waals surface area contributed by atoms with Crippen LogP contribution in [0.25, 0.3) is 0 Å². The van der Waals surface area contributed by atoms with Gasteiger partial charge in [0.05, 0.1) is 5.56 Å². The van der Waals surface area contributed by atoms with Crippen LogP contribution in [0.3, 0.4) is 0 Å². The fraction of sp³-hybridized carbons (Fsp3) is 0.333. The Morgan fingerprint density at radius 3 is 2.53 bits per heavy atom.